The predicted molar refractivity (Wildman–Crippen MR) is 82.7 cm³/mol. The van der Waals surface area contributed by atoms with Crippen LogP contribution in [0.15, 0.2) is 0 Å². The summed E-state index contributed by atoms with van der Waals surface area (Å²) in [6.45, 7) is 11.6. The predicted octanol–water partition coefficient (Wildman–Crippen LogP) is 3.67. The van der Waals surface area contributed by atoms with Gasteiger partial charge in [0.25, 0.3) is 0 Å². The van der Waals surface area contributed by atoms with Gasteiger partial charge in [0.05, 0.1) is 11.4 Å². The van der Waals surface area contributed by atoms with E-state index in [1.807, 2.05) is 6.92 Å². The van der Waals surface area contributed by atoms with E-state index in [0.717, 1.165) is 30.9 Å². The van der Waals surface area contributed by atoms with Crippen molar-refractivity contribution in [3.8, 4) is 0 Å². The molecular formula is C14H25ClN4. The molecule has 0 radical (unpaired) electrons. The molecule has 0 aliphatic heterocycles. The molecule has 0 atom stereocenters. The number of nitrogen functional groups attached to an aromatic ring is 1. The van der Waals surface area contributed by atoms with E-state index in [0.29, 0.717) is 17.6 Å². The molecule has 0 aliphatic rings. The lowest BCUT2D eigenvalue weighted by Gasteiger charge is -2.34. The highest BCUT2D eigenvalue weighted by Crippen LogP contribution is 2.28. The Morgan fingerprint density at radius 2 is 1.79 bits per heavy atom. The summed E-state index contributed by atoms with van der Waals surface area (Å²) in [4.78, 5) is 10.7. The van der Waals surface area contributed by atoms with E-state index in [2.05, 4.69) is 42.6 Å². The van der Waals surface area contributed by atoms with E-state index in [-0.39, 0.29) is 5.28 Å². The van der Waals surface area contributed by atoms with Gasteiger partial charge < -0.3 is 10.6 Å². The van der Waals surface area contributed by atoms with Crippen LogP contribution in [0.4, 0.5) is 11.5 Å². The van der Waals surface area contributed by atoms with Crippen LogP contribution in [-0.4, -0.2) is 22.6 Å². The zero-order valence-electron chi connectivity index (χ0n) is 12.6. The molecule has 1 aromatic heterocycles. The summed E-state index contributed by atoms with van der Waals surface area (Å²) in [7, 11) is 0. The van der Waals surface area contributed by atoms with Crippen molar-refractivity contribution in [2.45, 2.75) is 53.5 Å². The number of aromatic nitrogens is 2. The summed E-state index contributed by atoms with van der Waals surface area (Å²) in [6.07, 6.45) is 2.12. The quantitative estimate of drug-likeness (QED) is 0.810. The molecule has 0 amide bonds. The Balaban J connectivity index is 3.23. The normalized spacial score (nSPS) is 11.4. The number of halogens is 1. The average Bonchev–Trinajstić information content (AvgIpc) is 2.33. The number of nitrogens with two attached hydrogens (primary N) is 1. The lowest BCUT2D eigenvalue weighted by Crippen LogP contribution is -2.38. The van der Waals surface area contributed by atoms with Crippen LogP contribution >= 0.6 is 11.6 Å². The first-order valence-corrected chi connectivity index (χ1v) is 7.34. The molecule has 0 bridgehead atoms. The molecule has 1 aromatic rings. The summed E-state index contributed by atoms with van der Waals surface area (Å²) in [5.74, 6) is 1.31. The van der Waals surface area contributed by atoms with Crippen LogP contribution in [0.5, 0.6) is 0 Å². The van der Waals surface area contributed by atoms with Gasteiger partial charge in [0.15, 0.2) is 5.82 Å². The third-order valence-electron chi connectivity index (χ3n) is 3.31. The van der Waals surface area contributed by atoms with Gasteiger partial charge in [-0.1, -0.05) is 27.7 Å². The molecule has 1 heterocycles. The maximum Gasteiger partial charge on any atom is 0.224 e. The van der Waals surface area contributed by atoms with Gasteiger partial charge in [0.1, 0.15) is 0 Å². The average molecular weight is 285 g/mol. The Bertz CT molecular complexity index is 416. The topological polar surface area (TPSA) is 55.0 Å². The first-order valence-electron chi connectivity index (χ1n) is 6.96. The monoisotopic (exact) mass is 284 g/mol. The fourth-order valence-corrected chi connectivity index (χ4v) is 2.49. The van der Waals surface area contributed by atoms with Crippen molar-refractivity contribution >= 4 is 23.1 Å². The lowest BCUT2D eigenvalue weighted by atomic mass is 10.1. The maximum atomic E-state index is 6.15. The Labute approximate surface area is 121 Å². The highest BCUT2D eigenvalue weighted by molar-refractivity contribution is 6.28. The molecule has 0 fully saturated rings. The summed E-state index contributed by atoms with van der Waals surface area (Å²) in [5.41, 5.74) is 7.53. The van der Waals surface area contributed by atoms with E-state index < -0.39 is 0 Å². The third kappa shape index (κ3) is 3.96. The number of nitrogens with zero attached hydrogens (tertiary/aromatic N) is 3. The van der Waals surface area contributed by atoms with Crippen molar-refractivity contribution in [3.05, 3.63) is 11.0 Å². The maximum absolute atomic E-state index is 6.15. The third-order valence-corrected chi connectivity index (χ3v) is 3.48. The van der Waals surface area contributed by atoms with Crippen LogP contribution < -0.4 is 10.6 Å². The lowest BCUT2D eigenvalue weighted by molar-refractivity contribution is 0.503. The van der Waals surface area contributed by atoms with Crippen molar-refractivity contribution in [2.24, 2.45) is 5.92 Å². The standard InChI is InChI=1S/C14H25ClN4/c1-6-11(7-2)19(8-9(3)4)13-12(16)10(5)17-14(15)18-13/h9,11H,6-8,16H2,1-5H3. The molecule has 0 aliphatic carbocycles. The number of rotatable bonds is 6. The molecule has 2 N–H and O–H groups in total. The molecule has 4 nitrogen and oxygen atoms in total. The van der Waals surface area contributed by atoms with Crippen molar-refractivity contribution in [1.82, 2.24) is 9.97 Å². The zero-order chi connectivity index (χ0) is 14.6. The number of aryl methyl sites for hydroxylation is 1. The summed E-state index contributed by atoms with van der Waals surface area (Å²) in [5, 5.41) is 0.265. The summed E-state index contributed by atoms with van der Waals surface area (Å²) < 4.78 is 0. The van der Waals surface area contributed by atoms with Crippen LogP contribution in [-0.2, 0) is 0 Å². The van der Waals surface area contributed by atoms with Gasteiger partial charge in [-0.15, -0.1) is 0 Å². The molecule has 19 heavy (non-hydrogen) atoms. The van der Waals surface area contributed by atoms with E-state index >= 15 is 0 Å². The second-order valence-electron chi connectivity index (χ2n) is 5.33. The molecule has 0 saturated carbocycles. The summed E-state index contributed by atoms with van der Waals surface area (Å²) in [6, 6.07) is 0.426. The first-order chi connectivity index (χ1) is 8.90. The molecule has 5 heteroatoms. The van der Waals surface area contributed by atoms with Crippen molar-refractivity contribution < 1.29 is 0 Å². The highest BCUT2D eigenvalue weighted by atomic mass is 35.5. The van der Waals surface area contributed by atoms with Gasteiger partial charge in [0.2, 0.25) is 5.28 Å². The second-order valence-corrected chi connectivity index (χ2v) is 5.67. The van der Waals surface area contributed by atoms with E-state index in [1.54, 1.807) is 0 Å². The highest BCUT2D eigenvalue weighted by Gasteiger charge is 2.22. The number of hydrogen-bond acceptors (Lipinski definition) is 4. The van der Waals surface area contributed by atoms with Gasteiger partial charge in [-0.25, -0.2) is 4.98 Å². The fraction of sp³-hybridized carbons (Fsp3) is 0.714. The van der Waals surface area contributed by atoms with E-state index in [9.17, 15) is 0 Å². The number of anilines is 2. The smallest absolute Gasteiger partial charge is 0.224 e. The zero-order valence-corrected chi connectivity index (χ0v) is 13.3. The van der Waals surface area contributed by atoms with Gasteiger partial charge in [-0.05, 0) is 37.3 Å². The minimum Gasteiger partial charge on any atom is -0.394 e. The van der Waals surface area contributed by atoms with Gasteiger partial charge >= 0.3 is 0 Å². The van der Waals surface area contributed by atoms with Crippen LogP contribution in [0.25, 0.3) is 0 Å². The Morgan fingerprint density at radius 3 is 2.26 bits per heavy atom. The molecule has 0 unspecified atom stereocenters. The van der Waals surface area contributed by atoms with Crippen LogP contribution in [0, 0.1) is 12.8 Å². The van der Waals surface area contributed by atoms with Crippen LogP contribution in [0.2, 0.25) is 5.28 Å². The molecule has 0 spiro atoms. The Morgan fingerprint density at radius 1 is 1.21 bits per heavy atom. The van der Waals surface area contributed by atoms with Gasteiger partial charge in [0, 0.05) is 12.6 Å². The molecule has 1 rings (SSSR count). The first kappa shape index (κ1) is 16.0. The van der Waals surface area contributed by atoms with Crippen LogP contribution in [0.3, 0.4) is 0 Å². The fourth-order valence-electron chi connectivity index (χ4n) is 2.28. The second kappa shape index (κ2) is 6.94. The largest absolute Gasteiger partial charge is 0.394 e. The van der Waals surface area contributed by atoms with Gasteiger partial charge in [-0.3, -0.25) is 0 Å². The molecular weight excluding hydrogens is 260 g/mol. The number of hydrogen-bond donors (Lipinski definition) is 1. The molecule has 108 valence electrons. The van der Waals surface area contributed by atoms with Crippen molar-refractivity contribution in [1.29, 1.82) is 0 Å². The van der Waals surface area contributed by atoms with E-state index in [1.165, 1.54) is 0 Å². The minimum absolute atomic E-state index is 0.265. The molecule has 0 saturated heterocycles. The Kier molecular flexibility index (Phi) is 5.85. The Hall–Kier alpha value is -1.03. The van der Waals surface area contributed by atoms with Crippen LogP contribution in [0.1, 0.15) is 46.2 Å². The van der Waals surface area contributed by atoms with Gasteiger partial charge in [-0.2, -0.15) is 4.98 Å². The van der Waals surface area contributed by atoms with Crippen molar-refractivity contribution in [3.63, 3.8) is 0 Å². The SMILES string of the molecule is CCC(CC)N(CC(C)C)c1nc(Cl)nc(C)c1N. The van der Waals surface area contributed by atoms with E-state index in [4.69, 9.17) is 17.3 Å². The van der Waals surface area contributed by atoms with Crippen molar-refractivity contribution in [2.75, 3.05) is 17.2 Å². The summed E-state index contributed by atoms with van der Waals surface area (Å²) >= 11 is 5.99. The minimum atomic E-state index is 0.265. The molecule has 0 aromatic carbocycles.